The summed E-state index contributed by atoms with van der Waals surface area (Å²) in [4.78, 5) is 11.0. The van der Waals surface area contributed by atoms with Crippen LogP contribution in [0.4, 0.5) is 0 Å². The minimum atomic E-state index is -0.370. The Morgan fingerprint density at radius 3 is 2.82 bits per heavy atom. The van der Waals surface area contributed by atoms with E-state index in [0.29, 0.717) is 5.75 Å². The molecule has 0 heterocycles. The molecule has 0 aromatic heterocycles. The van der Waals surface area contributed by atoms with Crippen LogP contribution >= 0.6 is 15.9 Å². The van der Waals surface area contributed by atoms with Crippen molar-refractivity contribution in [1.29, 1.82) is 0 Å². The smallest absolute Gasteiger partial charge is 0.271 e. The van der Waals surface area contributed by atoms with E-state index in [1.165, 1.54) is 0 Å². The molecule has 0 saturated heterocycles. The van der Waals surface area contributed by atoms with Crippen LogP contribution in [0.15, 0.2) is 40.9 Å². The Morgan fingerprint density at radius 1 is 1.29 bits per heavy atom. The molecular formula is C12H11BrN2O2. The first-order valence-corrected chi connectivity index (χ1v) is 5.81. The molecule has 1 amide bonds. The Morgan fingerprint density at radius 2 is 2.06 bits per heavy atom. The molecule has 0 aliphatic heterocycles. The third-order valence-electron chi connectivity index (χ3n) is 2.35. The molecule has 5 heteroatoms. The molecule has 0 saturated carbocycles. The molecule has 2 aromatic carbocycles. The van der Waals surface area contributed by atoms with Crippen LogP contribution in [0, 0.1) is 0 Å². The molecule has 0 aliphatic carbocycles. The number of rotatable bonds is 3. The van der Waals surface area contributed by atoms with E-state index in [1.807, 2.05) is 41.8 Å². The number of halogens is 1. The van der Waals surface area contributed by atoms with Gasteiger partial charge in [0.15, 0.2) is 6.61 Å². The van der Waals surface area contributed by atoms with E-state index >= 15 is 0 Å². The molecule has 4 nitrogen and oxygen atoms in total. The van der Waals surface area contributed by atoms with E-state index in [0.717, 1.165) is 15.2 Å². The van der Waals surface area contributed by atoms with E-state index < -0.39 is 0 Å². The zero-order valence-corrected chi connectivity index (χ0v) is 10.5. The molecule has 0 fully saturated rings. The second-order valence-electron chi connectivity index (χ2n) is 3.46. The molecule has 0 atom stereocenters. The number of amides is 1. The second-order valence-corrected chi connectivity index (χ2v) is 4.25. The van der Waals surface area contributed by atoms with E-state index in [4.69, 9.17) is 10.6 Å². The standard InChI is InChI=1S/C12H11BrN2O2/c13-12-9-4-2-1-3-8(9)5-6-10(12)17-7-11(16)15-14/h1-6H,7,14H2,(H,15,16). The maximum absolute atomic E-state index is 11.0. The van der Waals surface area contributed by atoms with Gasteiger partial charge in [0.2, 0.25) is 0 Å². The van der Waals surface area contributed by atoms with Crippen molar-refractivity contribution >= 4 is 32.6 Å². The Labute approximate surface area is 107 Å². The third-order valence-corrected chi connectivity index (χ3v) is 3.17. The Bertz CT molecular complexity index is 557. The summed E-state index contributed by atoms with van der Waals surface area (Å²) in [6.07, 6.45) is 0. The largest absolute Gasteiger partial charge is 0.483 e. The Hall–Kier alpha value is -1.59. The molecule has 3 N–H and O–H groups in total. The van der Waals surface area contributed by atoms with Crippen molar-refractivity contribution in [2.75, 3.05) is 6.61 Å². The molecular weight excluding hydrogens is 284 g/mol. The summed E-state index contributed by atoms with van der Waals surface area (Å²) in [7, 11) is 0. The number of carbonyl (C=O) groups excluding carboxylic acids is 1. The lowest BCUT2D eigenvalue weighted by Gasteiger charge is -2.09. The van der Waals surface area contributed by atoms with Crippen molar-refractivity contribution in [2.24, 2.45) is 5.84 Å². The average Bonchev–Trinajstić information content (AvgIpc) is 2.38. The Balaban J connectivity index is 2.29. The summed E-state index contributed by atoms with van der Waals surface area (Å²) in [5.74, 6) is 5.22. The highest BCUT2D eigenvalue weighted by Crippen LogP contribution is 2.32. The van der Waals surface area contributed by atoms with Gasteiger partial charge in [-0.25, -0.2) is 5.84 Å². The predicted octanol–water partition coefficient (Wildman–Crippen LogP) is 1.97. The summed E-state index contributed by atoms with van der Waals surface area (Å²) < 4.78 is 6.19. The highest BCUT2D eigenvalue weighted by Gasteiger charge is 2.07. The van der Waals surface area contributed by atoms with Crippen molar-refractivity contribution < 1.29 is 9.53 Å². The van der Waals surface area contributed by atoms with Crippen LogP contribution < -0.4 is 16.0 Å². The van der Waals surface area contributed by atoms with Crippen LogP contribution in [0.5, 0.6) is 5.75 Å². The number of nitrogens with two attached hydrogens (primary N) is 1. The van der Waals surface area contributed by atoms with Crippen LogP contribution in [0.25, 0.3) is 10.8 Å². The number of ether oxygens (including phenoxy) is 1. The van der Waals surface area contributed by atoms with Crippen molar-refractivity contribution in [2.45, 2.75) is 0 Å². The lowest BCUT2D eigenvalue weighted by molar-refractivity contribution is -0.123. The first kappa shape index (κ1) is 11.9. The van der Waals surface area contributed by atoms with Gasteiger partial charge in [0.1, 0.15) is 5.75 Å². The fourth-order valence-electron chi connectivity index (χ4n) is 1.51. The van der Waals surface area contributed by atoms with Gasteiger partial charge in [-0.15, -0.1) is 0 Å². The fourth-order valence-corrected chi connectivity index (χ4v) is 2.12. The summed E-state index contributed by atoms with van der Waals surface area (Å²) in [5, 5.41) is 2.15. The number of hydrogen-bond donors (Lipinski definition) is 2. The minimum absolute atomic E-state index is 0.104. The van der Waals surface area contributed by atoms with Crippen molar-refractivity contribution in [3.8, 4) is 5.75 Å². The van der Waals surface area contributed by atoms with Crippen LogP contribution in [0.3, 0.4) is 0 Å². The predicted molar refractivity (Wildman–Crippen MR) is 69.5 cm³/mol. The van der Waals surface area contributed by atoms with E-state index in [1.54, 1.807) is 0 Å². The molecule has 0 spiro atoms. The van der Waals surface area contributed by atoms with Crippen molar-refractivity contribution in [3.05, 3.63) is 40.9 Å². The van der Waals surface area contributed by atoms with Crippen LogP contribution in [0.2, 0.25) is 0 Å². The van der Waals surface area contributed by atoms with Crippen molar-refractivity contribution in [1.82, 2.24) is 5.43 Å². The van der Waals surface area contributed by atoms with Crippen LogP contribution in [-0.4, -0.2) is 12.5 Å². The van der Waals surface area contributed by atoms with E-state index in [-0.39, 0.29) is 12.5 Å². The first-order chi connectivity index (χ1) is 8.22. The van der Waals surface area contributed by atoms with Gasteiger partial charge in [-0.05, 0) is 32.8 Å². The van der Waals surface area contributed by atoms with Gasteiger partial charge in [-0.3, -0.25) is 10.2 Å². The summed E-state index contributed by atoms with van der Waals surface area (Å²) in [6, 6.07) is 11.7. The molecule has 17 heavy (non-hydrogen) atoms. The summed E-state index contributed by atoms with van der Waals surface area (Å²) in [6.45, 7) is -0.104. The molecule has 0 bridgehead atoms. The van der Waals surface area contributed by atoms with Gasteiger partial charge in [0, 0.05) is 0 Å². The zero-order valence-electron chi connectivity index (χ0n) is 8.94. The SMILES string of the molecule is NNC(=O)COc1ccc2ccccc2c1Br. The maximum atomic E-state index is 11.0. The second kappa shape index (κ2) is 5.16. The normalized spacial score (nSPS) is 10.2. The number of hydrazine groups is 1. The number of fused-ring (bicyclic) bond motifs is 1. The van der Waals surface area contributed by atoms with Crippen LogP contribution in [0.1, 0.15) is 0 Å². The molecule has 88 valence electrons. The quantitative estimate of drug-likeness (QED) is 0.517. The number of benzene rings is 2. The Kier molecular flexibility index (Phi) is 3.61. The van der Waals surface area contributed by atoms with Gasteiger partial charge in [-0.1, -0.05) is 30.3 Å². The zero-order chi connectivity index (χ0) is 12.3. The van der Waals surface area contributed by atoms with E-state index in [9.17, 15) is 4.79 Å². The molecule has 0 aliphatic rings. The van der Waals surface area contributed by atoms with Gasteiger partial charge in [0.05, 0.1) is 4.47 Å². The van der Waals surface area contributed by atoms with Gasteiger partial charge in [-0.2, -0.15) is 0 Å². The number of carbonyl (C=O) groups is 1. The highest BCUT2D eigenvalue weighted by atomic mass is 79.9. The van der Waals surface area contributed by atoms with Gasteiger partial charge >= 0.3 is 0 Å². The van der Waals surface area contributed by atoms with E-state index in [2.05, 4.69) is 15.9 Å². The monoisotopic (exact) mass is 294 g/mol. The molecule has 2 rings (SSSR count). The number of nitrogens with one attached hydrogen (secondary N) is 1. The topological polar surface area (TPSA) is 64.3 Å². The minimum Gasteiger partial charge on any atom is -0.483 e. The molecule has 0 radical (unpaired) electrons. The van der Waals surface area contributed by atoms with Crippen LogP contribution in [-0.2, 0) is 4.79 Å². The molecule has 0 unspecified atom stereocenters. The summed E-state index contributed by atoms with van der Waals surface area (Å²) in [5.41, 5.74) is 2.01. The van der Waals surface area contributed by atoms with Crippen molar-refractivity contribution in [3.63, 3.8) is 0 Å². The highest BCUT2D eigenvalue weighted by molar-refractivity contribution is 9.10. The summed E-state index contributed by atoms with van der Waals surface area (Å²) >= 11 is 3.47. The van der Waals surface area contributed by atoms with Gasteiger partial charge < -0.3 is 4.74 Å². The third kappa shape index (κ3) is 2.57. The maximum Gasteiger partial charge on any atom is 0.271 e. The lowest BCUT2D eigenvalue weighted by Crippen LogP contribution is -2.34. The fraction of sp³-hybridized carbons (Fsp3) is 0.0833. The number of hydrogen-bond acceptors (Lipinski definition) is 3. The average molecular weight is 295 g/mol. The lowest BCUT2D eigenvalue weighted by atomic mass is 10.1. The first-order valence-electron chi connectivity index (χ1n) is 5.02. The van der Waals surface area contributed by atoms with Gasteiger partial charge in [0.25, 0.3) is 5.91 Å². The molecule has 2 aromatic rings.